The average Bonchev–Trinajstić information content (AvgIpc) is 2.36. The summed E-state index contributed by atoms with van der Waals surface area (Å²) in [6.45, 7) is 6.03. The first-order valence-electron chi connectivity index (χ1n) is 7.06. The summed E-state index contributed by atoms with van der Waals surface area (Å²) in [4.78, 5) is 12.3. The molecule has 0 bridgehead atoms. The summed E-state index contributed by atoms with van der Waals surface area (Å²) >= 11 is 0. The molecule has 0 aliphatic heterocycles. The van der Waals surface area contributed by atoms with E-state index in [0.29, 0.717) is 17.2 Å². The van der Waals surface area contributed by atoms with Gasteiger partial charge in [0.05, 0.1) is 5.56 Å². The molecule has 3 nitrogen and oxygen atoms in total. The summed E-state index contributed by atoms with van der Waals surface area (Å²) in [5, 5.41) is 0. The molecule has 1 fully saturated rings. The Morgan fingerprint density at radius 1 is 1.21 bits per heavy atom. The molecule has 1 aliphatic rings. The van der Waals surface area contributed by atoms with Crippen molar-refractivity contribution in [2.24, 2.45) is 5.92 Å². The van der Waals surface area contributed by atoms with Crippen molar-refractivity contribution in [1.82, 2.24) is 0 Å². The molecule has 2 rings (SSSR count). The molecule has 3 heteroatoms. The molecule has 0 saturated heterocycles. The highest BCUT2D eigenvalue weighted by atomic mass is 16.5. The highest BCUT2D eigenvalue weighted by Gasteiger charge is 2.25. The molecule has 1 aromatic carbocycles. The van der Waals surface area contributed by atoms with Crippen LogP contribution in [-0.2, 0) is 4.74 Å². The SMILES string of the molecule is Cc1cc(C)c(C(=O)OC2CCCCC2C)cc1N. The van der Waals surface area contributed by atoms with Crippen molar-refractivity contribution < 1.29 is 9.53 Å². The highest BCUT2D eigenvalue weighted by Crippen LogP contribution is 2.28. The molecular formula is C16H23NO2. The zero-order chi connectivity index (χ0) is 14.0. The lowest BCUT2D eigenvalue weighted by Crippen LogP contribution is -2.28. The lowest BCUT2D eigenvalue weighted by atomic mass is 9.88. The van der Waals surface area contributed by atoms with Crippen molar-refractivity contribution in [3.63, 3.8) is 0 Å². The Kier molecular flexibility index (Phi) is 4.13. The number of aryl methyl sites for hydroxylation is 2. The predicted molar refractivity (Wildman–Crippen MR) is 77.2 cm³/mol. The number of ether oxygens (including phenoxy) is 1. The fourth-order valence-electron chi connectivity index (χ4n) is 2.75. The third kappa shape index (κ3) is 3.09. The fraction of sp³-hybridized carbons (Fsp3) is 0.562. The second kappa shape index (κ2) is 5.64. The smallest absolute Gasteiger partial charge is 0.338 e. The number of anilines is 1. The molecule has 1 aliphatic carbocycles. The van der Waals surface area contributed by atoms with E-state index in [4.69, 9.17) is 10.5 Å². The van der Waals surface area contributed by atoms with Crippen molar-refractivity contribution in [3.05, 3.63) is 28.8 Å². The largest absolute Gasteiger partial charge is 0.458 e. The van der Waals surface area contributed by atoms with Crippen molar-refractivity contribution in [2.45, 2.75) is 52.6 Å². The number of hydrogen-bond acceptors (Lipinski definition) is 3. The Hall–Kier alpha value is -1.51. The molecule has 0 aromatic heterocycles. The molecule has 104 valence electrons. The topological polar surface area (TPSA) is 52.3 Å². The van der Waals surface area contributed by atoms with Gasteiger partial charge in [-0.2, -0.15) is 0 Å². The van der Waals surface area contributed by atoms with Crippen molar-refractivity contribution >= 4 is 11.7 Å². The minimum Gasteiger partial charge on any atom is -0.458 e. The maximum absolute atomic E-state index is 12.3. The number of benzene rings is 1. The van der Waals surface area contributed by atoms with E-state index in [1.165, 1.54) is 6.42 Å². The van der Waals surface area contributed by atoms with E-state index in [1.807, 2.05) is 19.9 Å². The Labute approximate surface area is 115 Å². The molecule has 1 saturated carbocycles. The number of carbonyl (C=O) groups excluding carboxylic acids is 1. The summed E-state index contributed by atoms with van der Waals surface area (Å²) in [6.07, 6.45) is 4.58. The van der Waals surface area contributed by atoms with Gasteiger partial charge < -0.3 is 10.5 Å². The average molecular weight is 261 g/mol. The molecule has 2 N–H and O–H groups in total. The van der Waals surface area contributed by atoms with Gasteiger partial charge >= 0.3 is 5.97 Å². The summed E-state index contributed by atoms with van der Waals surface area (Å²) in [5.41, 5.74) is 9.06. The van der Waals surface area contributed by atoms with Gasteiger partial charge in [-0.3, -0.25) is 0 Å². The number of nitrogens with two attached hydrogens (primary N) is 1. The third-order valence-electron chi connectivity index (χ3n) is 4.12. The number of nitrogen functional groups attached to an aromatic ring is 1. The first kappa shape index (κ1) is 13.9. The first-order chi connectivity index (χ1) is 8.99. The van der Waals surface area contributed by atoms with Gasteiger partial charge in [0, 0.05) is 5.69 Å². The van der Waals surface area contributed by atoms with E-state index in [2.05, 4.69) is 6.92 Å². The van der Waals surface area contributed by atoms with Gasteiger partial charge in [-0.25, -0.2) is 4.79 Å². The van der Waals surface area contributed by atoms with Gasteiger partial charge in [-0.05, 0) is 56.2 Å². The third-order valence-corrected chi connectivity index (χ3v) is 4.12. The van der Waals surface area contributed by atoms with Crippen LogP contribution in [-0.4, -0.2) is 12.1 Å². The van der Waals surface area contributed by atoms with Crippen LogP contribution in [0.5, 0.6) is 0 Å². The van der Waals surface area contributed by atoms with Crippen LogP contribution in [0.2, 0.25) is 0 Å². The van der Waals surface area contributed by atoms with Crippen LogP contribution in [0.1, 0.15) is 54.1 Å². The number of rotatable bonds is 2. The van der Waals surface area contributed by atoms with Crippen LogP contribution in [0.25, 0.3) is 0 Å². The predicted octanol–water partition coefficient (Wildman–Crippen LogP) is 3.62. The molecule has 0 spiro atoms. The van der Waals surface area contributed by atoms with Crippen molar-refractivity contribution in [2.75, 3.05) is 5.73 Å². The summed E-state index contributed by atoms with van der Waals surface area (Å²) in [6, 6.07) is 3.68. The van der Waals surface area contributed by atoms with E-state index in [-0.39, 0.29) is 12.1 Å². The highest BCUT2D eigenvalue weighted by molar-refractivity contribution is 5.92. The Balaban J connectivity index is 2.13. The maximum Gasteiger partial charge on any atom is 0.338 e. The molecular weight excluding hydrogens is 238 g/mol. The number of esters is 1. The first-order valence-corrected chi connectivity index (χ1v) is 7.06. The second-order valence-corrected chi connectivity index (χ2v) is 5.73. The normalized spacial score (nSPS) is 23.1. The van der Waals surface area contributed by atoms with E-state index >= 15 is 0 Å². The molecule has 0 amide bonds. The van der Waals surface area contributed by atoms with Crippen LogP contribution < -0.4 is 5.73 Å². The van der Waals surface area contributed by atoms with Gasteiger partial charge in [-0.15, -0.1) is 0 Å². The van der Waals surface area contributed by atoms with Gasteiger partial charge in [0.15, 0.2) is 0 Å². The summed E-state index contributed by atoms with van der Waals surface area (Å²) in [5.74, 6) is 0.226. The molecule has 0 heterocycles. The second-order valence-electron chi connectivity index (χ2n) is 5.73. The van der Waals surface area contributed by atoms with Gasteiger partial charge in [0.25, 0.3) is 0 Å². The van der Waals surface area contributed by atoms with Crippen LogP contribution in [0.3, 0.4) is 0 Å². The van der Waals surface area contributed by atoms with E-state index in [0.717, 1.165) is 30.4 Å². The summed E-state index contributed by atoms with van der Waals surface area (Å²) < 4.78 is 5.67. The molecule has 2 unspecified atom stereocenters. The molecule has 2 atom stereocenters. The number of carbonyl (C=O) groups is 1. The van der Waals surface area contributed by atoms with Crippen LogP contribution >= 0.6 is 0 Å². The molecule has 0 radical (unpaired) electrons. The zero-order valence-corrected chi connectivity index (χ0v) is 12.0. The fourth-order valence-corrected chi connectivity index (χ4v) is 2.75. The molecule has 19 heavy (non-hydrogen) atoms. The van der Waals surface area contributed by atoms with Gasteiger partial charge in [-0.1, -0.05) is 19.4 Å². The summed E-state index contributed by atoms with van der Waals surface area (Å²) in [7, 11) is 0. The maximum atomic E-state index is 12.3. The molecule has 1 aromatic rings. The van der Waals surface area contributed by atoms with Gasteiger partial charge in [0.1, 0.15) is 6.10 Å². The lowest BCUT2D eigenvalue weighted by molar-refractivity contribution is 0.00475. The van der Waals surface area contributed by atoms with E-state index in [9.17, 15) is 4.79 Å². The Bertz CT molecular complexity index is 482. The Morgan fingerprint density at radius 2 is 1.89 bits per heavy atom. The van der Waals surface area contributed by atoms with Crippen LogP contribution in [0.4, 0.5) is 5.69 Å². The lowest BCUT2D eigenvalue weighted by Gasteiger charge is -2.28. The van der Waals surface area contributed by atoms with E-state index < -0.39 is 0 Å². The van der Waals surface area contributed by atoms with Gasteiger partial charge in [0.2, 0.25) is 0 Å². The standard InChI is InChI=1S/C16H23NO2/c1-10-6-4-5-7-15(10)19-16(18)13-9-14(17)12(3)8-11(13)2/h8-10,15H,4-7,17H2,1-3H3. The minimum absolute atomic E-state index is 0.0585. The van der Waals surface area contributed by atoms with E-state index in [1.54, 1.807) is 6.07 Å². The van der Waals surface area contributed by atoms with Crippen molar-refractivity contribution in [1.29, 1.82) is 0 Å². The quantitative estimate of drug-likeness (QED) is 0.653. The number of hydrogen-bond donors (Lipinski definition) is 1. The Morgan fingerprint density at radius 3 is 2.58 bits per heavy atom. The van der Waals surface area contributed by atoms with Crippen molar-refractivity contribution in [3.8, 4) is 0 Å². The zero-order valence-electron chi connectivity index (χ0n) is 12.0. The van der Waals surface area contributed by atoms with Crippen LogP contribution in [0.15, 0.2) is 12.1 Å². The monoisotopic (exact) mass is 261 g/mol. The minimum atomic E-state index is -0.233. The van der Waals surface area contributed by atoms with Crippen LogP contribution in [0, 0.1) is 19.8 Å².